The van der Waals surface area contributed by atoms with E-state index in [2.05, 4.69) is 12.2 Å². The normalized spacial score (nSPS) is 10.4. The molecular weight excluding hydrogens is 289 g/mol. The summed E-state index contributed by atoms with van der Waals surface area (Å²) in [5, 5.41) is 4.18. The minimum absolute atomic E-state index is 0.0663. The molecule has 2 nitrogen and oxygen atoms in total. The zero-order valence-corrected chi connectivity index (χ0v) is 12.7. The lowest BCUT2D eigenvalue weighted by atomic mass is 10.2. The van der Waals surface area contributed by atoms with E-state index in [1.54, 1.807) is 0 Å². The third-order valence-corrected chi connectivity index (χ3v) is 4.06. The van der Waals surface area contributed by atoms with Crippen LogP contribution in [0.1, 0.15) is 25.3 Å². The van der Waals surface area contributed by atoms with Crippen molar-refractivity contribution in [2.24, 2.45) is 0 Å². The number of halogens is 2. The van der Waals surface area contributed by atoms with Crippen LogP contribution in [0.4, 0.5) is 0 Å². The van der Waals surface area contributed by atoms with E-state index < -0.39 is 0 Å². The fourth-order valence-electron chi connectivity index (χ4n) is 1.37. The number of amides is 1. The van der Waals surface area contributed by atoms with Crippen LogP contribution in [0, 0.1) is 0 Å². The highest BCUT2D eigenvalue weighted by atomic mass is 35.5. The summed E-state index contributed by atoms with van der Waals surface area (Å²) in [6, 6.07) is 5.44. The molecule has 0 spiro atoms. The van der Waals surface area contributed by atoms with Gasteiger partial charge in [0.1, 0.15) is 0 Å². The SMILES string of the molecule is CCCCNC(=O)CSCc1c(Cl)cccc1Cl. The second-order valence-corrected chi connectivity index (χ2v) is 5.70. The van der Waals surface area contributed by atoms with Crippen molar-refractivity contribution < 1.29 is 4.79 Å². The summed E-state index contributed by atoms with van der Waals surface area (Å²) in [6.45, 7) is 2.85. The Kier molecular flexibility index (Phi) is 7.56. The lowest BCUT2D eigenvalue weighted by molar-refractivity contribution is -0.118. The predicted molar refractivity (Wildman–Crippen MR) is 80.5 cm³/mol. The average Bonchev–Trinajstić information content (AvgIpc) is 2.33. The molecule has 1 aromatic carbocycles. The first-order chi connectivity index (χ1) is 8.65. The summed E-state index contributed by atoms with van der Waals surface area (Å²) in [6.07, 6.45) is 2.11. The summed E-state index contributed by atoms with van der Waals surface area (Å²) in [5.41, 5.74) is 0.896. The number of benzene rings is 1. The molecule has 1 N–H and O–H groups in total. The largest absolute Gasteiger partial charge is 0.355 e. The second kappa shape index (κ2) is 8.68. The zero-order valence-electron chi connectivity index (χ0n) is 10.3. The van der Waals surface area contributed by atoms with E-state index >= 15 is 0 Å². The molecule has 0 bridgehead atoms. The van der Waals surface area contributed by atoms with Crippen molar-refractivity contribution in [1.82, 2.24) is 5.32 Å². The van der Waals surface area contributed by atoms with Crippen molar-refractivity contribution >= 4 is 40.9 Å². The van der Waals surface area contributed by atoms with Crippen LogP contribution in [0.2, 0.25) is 10.0 Å². The fourth-order valence-corrected chi connectivity index (χ4v) is 2.97. The smallest absolute Gasteiger partial charge is 0.230 e. The van der Waals surface area contributed by atoms with Gasteiger partial charge in [0.25, 0.3) is 0 Å². The molecule has 0 fully saturated rings. The molecule has 0 aromatic heterocycles. The van der Waals surface area contributed by atoms with Crippen LogP contribution in [0.25, 0.3) is 0 Å². The summed E-state index contributed by atoms with van der Waals surface area (Å²) >= 11 is 13.6. The van der Waals surface area contributed by atoms with Gasteiger partial charge in [-0.2, -0.15) is 0 Å². The molecule has 0 saturated heterocycles. The van der Waals surface area contributed by atoms with Gasteiger partial charge in [0.15, 0.2) is 0 Å². The first-order valence-corrected chi connectivity index (χ1v) is 7.83. The molecule has 0 aliphatic carbocycles. The maximum absolute atomic E-state index is 11.5. The van der Waals surface area contributed by atoms with Crippen molar-refractivity contribution in [3.05, 3.63) is 33.8 Å². The summed E-state index contributed by atoms with van der Waals surface area (Å²) in [5.74, 6) is 1.15. The van der Waals surface area contributed by atoms with Crippen molar-refractivity contribution in [2.45, 2.75) is 25.5 Å². The molecule has 0 aliphatic rings. The molecule has 0 heterocycles. The Labute approximate surface area is 122 Å². The van der Waals surface area contributed by atoms with Gasteiger partial charge in [-0.3, -0.25) is 4.79 Å². The fraction of sp³-hybridized carbons (Fsp3) is 0.462. The van der Waals surface area contributed by atoms with E-state index in [1.807, 2.05) is 18.2 Å². The van der Waals surface area contributed by atoms with Gasteiger partial charge in [0, 0.05) is 22.3 Å². The number of thioether (sulfide) groups is 1. The summed E-state index contributed by atoms with van der Waals surface area (Å²) < 4.78 is 0. The molecule has 0 radical (unpaired) electrons. The number of hydrogen-bond donors (Lipinski definition) is 1. The van der Waals surface area contributed by atoms with Crippen LogP contribution < -0.4 is 5.32 Å². The van der Waals surface area contributed by atoms with Gasteiger partial charge in [-0.25, -0.2) is 0 Å². The Morgan fingerprint density at radius 1 is 1.33 bits per heavy atom. The number of rotatable bonds is 7. The molecular formula is C13H17Cl2NOS. The molecule has 0 unspecified atom stereocenters. The minimum Gasteiger partial charge on any atom is -0.355 e. The first-order valence-electron chi connectivity index (χ1n) is 5.92. The third kappa shape index (κ3) is 5.51. The van der Waals surface area contributed by atoms with Crippen LogP contribution in [0.3, 0.4) is 0 Å². The maximum atomic E-state index is 11.5. The van der Waals surface area contributed by atoms with E-state index in [-0.39, 0.29) is 5.91 Å². The van der Waals surface area contributed by atoms with Crippen LogP contribution in [-0.2, 0) is 10.5 Å². The quantitative estimate of drug-likeness (QED) is 0.767. The molecule has 100 valence electrons. The van der Waals surface area contributed by atoms with Crippen molar-refractivity contribution in [1.29, 1.82) is 0 Å². The van der Waals surface area contributed by atoms with E-state index in [9.17, 15) is 4.79 Å². The molecule has 1 amide bonds. The number of carbonyl (C=O) groups is 1. The van der Waals surface area contributed by atoms with Crippen molar-refractivity contribution in [2.75, 3.05) is 12.3 Å². The monoisotopic (exact) mass is 305 g/mol. The van der Waals surface area contributed by atoms with E-state index in [4.69, 9.17) is 23.2 Å². The van der Waals surface area contributed by atoms with Crippen LogP contribution in [0.5, 0.6) is 0 Å². The molecule has 5 heteroatoms. The predicted octanol–water partition coefficient (Wildman–Crippen LogP) is 4.14. The second-order valence-electron chi connectivity index (χ2n) is 3.90. The van der Waals surface area contributed by atoms with E-state index in [0.717, 1.165) is 24.9 Å². The van der Waals surface area contributed by atoms with Gasteiger partial charge in [0.05, 0.1) is 5.75 Å². The van der Waals surface area contributed by atoms with Gasteiger partial charge in [-0.05, 0) is 24.1 Å². The Morgan fingerprint density at radius 3 is 2.61 bits per heavy atom. The Morgan fingerprint density at radius 2 is 2.00 bits per heavy atom. The topological polar surface area (TPSA) is 29.1 Å². The Hall–Kier alpha value is -0.380. The highest BCUT2D eigenvalue weighted by Gasteiger charge is 2.07. The van der Waals surface area contributed by atoms with E-state index in [1.165, 1.54) is 11.8 Å². The zero-order chi connectivity index (χ0) is 13.4. The first kappa shape index (κ1) is 15.7. The highest BCUT2D eigenvalue weighted by Crippen LogP contribution is 2.27. The highest BCUT2D eigenvalue weighted by molar-refractivity contribution is 7.99. The number of unbranched alkanes of at least 4 members (excludes halogenated alkanes) is 1. The van der Waals surface area contributed by atoms with Gasteiger partial charge < -0.3 is 5.32 Å². The Bertz CT molecular complexity index is 378. The van der Waals surface area contributed by atoms with Crippen LogP contribution in [0.15, 0.2) is 18.2 Å². The molecule has 0 aliphatic heterocycles. The van der Waals surface area contributed by atoms with Gasteiger partial charge in [-0.1, -0.05) is 42.6 Å². The van der Waals surface area contributed by atoms with Crippen molar-refractivity contribution in [3.63, 3.8) is 0 Å². The van der Waals surface area contributed by atoms with Gasteiger partial charge >= 0.3 is 0 Å². The Balaban J connectivity index is 2.31. The van der Waals surface area contributed by atoms with Gasteiger partial charge in [0.2, 0.25) is 5.91 Å². The average molecular weight is 306 g/mol. The molecule has 1 rings (SSSR count). The maximum Gasteiger partial charge on any atom is 0.230 e. The molecule has 0 atom stereocenters. The summed E-state index contributed by atoms with van der Waals surface area (Å²) in [4.78, 5) is 11.5. The van der Waals surface area contributed by atoms with E-state index in [0.29, 0.717) is 21.6 Å². The van der Waals surface area contributed by atoms with Crippen LogP contribution in [-0.4, -0.2) is 18.2 Å². The molecule has 0 saturated carbocycles. The third-order valence-electron chi connectivity index (χ3n) is 2.39. The lowest BCUT2D eigenvalue weighted by Crippen LogP contribution is -2.26. The standard InChI is InChI=1S/C13H17Cl2NOS/c1-2-3-7-16-13(17)9-18-8-10-11(14)5-4-6-12(10)15/h4-6H,2-3,7-9H2,1H3,(H,16,17). The van der Waals surface area contributed by atoms with Crippen LogP contribution >= 0.6 is 35.0 Å². The molecule has 18 heavy (non-hydrogen) atoms. The summed E-state index contributed by atoms with van der Waals surface area (Å²) in [7, 11) is 0. The molecule has 1 aromatic rings. The lowest BCUT2D eigenvalue weighted by Gasteiger charge is -2.07. The number of nitrogens with one attached hydrogen (secondary N) is 1. The van der Waals surface area contributed by atoms with Crippen molar-refractivity contribution in [3.8, 4) is 0 Å². The van der Waals surface area contributed by atoms with Gasteiger partial charge in [-0.15, -0.1) is 11.8 Å². The number of carbonyl (C=O) groups excluding carboxylic acids is 1. The minimum atomic E-state index is 0.0663. The number of hydrogen-bond acceptors (Lipinski definition) is 2.